The Balaban J connectivity index is 2.25. The summed E-state index contributed by atoms with van der Waals surface area (Å²) in [5.41, 5.74) is 1.18. The fourth-order valence-corrected chi connectivity index (χ4v) is 1.72. The largest absolute Gasteiger partial charge is 0.494 e. The molecule has 1 N–H and O–H groups in total. The van der Waals surface area contributed by atoms with Crippen molar-refractivity contribution in [2.75, 3.05) is 19.8 Å². The Bertz CT molecular complexity index is 356. The van der Waals surface area contributed by atoms with E-state index in [-0.39, 0.29) is 0 Å². The van der Waals surface area contributed by atoms with Crippen molar-refractivity contribution in [1.82, 2.24) is 0 Å². The average Bonchev–Trinajstić information content (AvgIpc) is 2.18. The normalized spacial score (nSPS) is 18.3. The predicted molar refractivity (Wildman–Crippen MR) is 57.1 cm³/mol. The number of ether oxygens (including phenoxy) is 2. The minimum Gasteiger partial charge on any atom is -0.494 e. The van der Waals surface area contributed by atoms with E-state index in [1.54, 1.807) is 0 Å². The number of aryl methyl sites for hydroxylation is 1. The van der Waals surface area contributed by atoms with Gasteiger partial charge in [0.25, 0.3) is 0 Å². The zero-order valence-electron chi connectivity index (χ0n) is 9.12. The molecule has 82 valence electrons. The predicted octanol–water partition coefficient (Wildman–Crippen LogP) is 1.61. The molecule has 3 nitrogen and oxygen atoms in total. The van der Waals surface area contributed by atoms with Crippen LogP contribution >= 0.6 is 0 Å². The van der Waals surface area contributed by atoms with E-state index in [9.17, 15) is 5.11 Å². The maximum atomic E-state index is 10.1. The lowest BCUT2D eigenvalue weighted by Crippen LogP contribution is -2.46. The molecule has 2 rings (SSSR count). The van der Waals surface area contributed by atoms with Crippen LogP contribution in [0.25, 0.3) is 0 Å². The third kappa shape index (κ3) is 1.85. The van der Waals surface area contributed by atoms with Crippen LogP contribution in [0.3, 0.4) is 0 Å². The van der Waals surface area contributed by atoms with Crippen molar-refractivity contribution in [2.24, 2.45) is 0 Å². The zero-order valence-corrected chi connectivity index (χ0v) is 9.12. The van der Waals surface area contributed by atoms with Crippen molar-refractivity contribution in [1.29, 1.82) is 0 Å². The van der Waals surface area contributed by atoms with E-state index < -0.39 is 5.60 Å². The Kier molecular flexibility index (Phi) is 2.67. The Hall–Kier alpha value is -1.06. The summed E-state index contributed by atoms with van der Waals surface area (Å²) in [6, 6.07) is 5.78. The highest BCUT2D eigenvalue weighted by atomic mass is 16.5. The van der Waals surface area contributed by atoms with Gasteiger partial charge in [0.05, 0.1) is 19.8 Å². The Labute approximate surface area is 89.6 Å². The summed E-state index contributed by atoms with van der Waals surface area (Å²) in [4.78, 5) is 0. The van der Waals surface area contributed by atoms with Crippen LogP contribution in [0.2, 0.25) is 0 Å². The molecule has 1 aromatic rings. The average molecular weight is 208 g/mol. The van der Waals surface area contributed by atoms with Crippen LogP contribution in [0.15, 0.2) is 18.2 Å². The van der Waals surface area contributed by atoms with E-state index in [1.165, 1.54) is 0 Å². The SMILES string of the molecule is CCOc1ccc(C2(O)COC2)cc1C. The van der Waals surface area contributed by atoms with Crippen molar-refractivity contribution in [3.8, 4) is 5.75 Å². The molecule has 1 aromatic carbocycles. The number of rotatable bonds is 3. The molecule has 0 bridgehead atoms. The van der Waals surface area contributed by atoms with E-state index in [0.717, 1.165) is 16.9 Å². The van der Waals surface area contributed by atoms with Crippen LogP contribution in [0.5, 0.6) is 5.75 Å². The highest BCUT2D eigenvalue weighted by Gasteiger charge is 2.38. The summed E-state index contributed by atoms with van der Waals surface area (Å²) in [5.74, 6) is 0.880. The monoisotopic (exact) mass is 208 g/mol. The van der Waals surface area contributed by atoms with Gasteiger partial charge in [0.15, 0.2) is 0 Å². The lowest BCUT2D eigenvalue weighted by Gasteiger charge is -2.37. The van der Waals surface area contributed by atoms with E-state index >= 15 is 0 Å². The van der Waals surface area contributed by atoms with Gasteiger partial charge in [-0.1, -0.05) is 6.07 Å². The second kappa shape index (κ2) is 3.83. The Morgan fingerprint density at radius 1 is 1.47 bits per heavy atom. The summed E-state index contributed by atoms with van der Waals surface area (Å²) < 4.78 is 10.5. The molecule has 0 radical (unpaired) electrons. The molecule has 0 saturated carbocycles. The quantitative estimate of drug-likeness (QED) is 0.820. The third-order valence-corrected chi connectivity index (χ3v) is 2.69. The molecule has 1 fully saturated rings. The fraction of sp³-hybridized carbons (Fsp3) is 0.500. The first-order chi connectivity index (χ1) is 7.15. The minimum absolute atomic E-state index is 0.389. The molecule has 0 spiro atoms. The summed E-state index contributed by atoms with van der Waals surface area (Å²) in [7, 11) is 0. The molecule has 1 aliphatic rings. The summed E-state index contributed by atoms with van der Waals surface area (Å²) in [6.45, 7) is 5.38. The molecule has 1 aliphatic heterocycles. The van der Waals surface area contributed by atoms with Gasteiger partial charge < -0.3 is 14.6 Å². The van der Waals surface area contributed by atoms with Gasteiger partial charge in [-0.15, -0.1) is 0 Å². The van der Waals surface area contributed by atoms with E-state index in [0.29, 0.717) is 19.8 Å². The smallest absolute Gasteiger partial charge is 0.136 e. The first-order valence-electron chi connectivity index (χ1n) is 5.20. The highest BCUT2D eigenvalue weighted by molar-refractivity contribution is 5.39. The molecular weight excluding hydrogens is 192 g/mol. The number of benzene rings is 1. The van der Waals surface area contributed by atoms with Gasteiger partial charge >= 0.3 is 0 Å². The van der Waals surface area contributed by atoms with E-state index in [4.69, 9.17) is 9.47 Å². The van der Waals surface area contributed by atoms with E-state index in [2.05, 4.69) is 0 Å². The lowest BCUT2D eigenvalue weighted by molar-refractivity contribution is -0.184. The molecule has 3 heteroatoms. The van der Waals surface area contributed by atoms with Crippen LogP contribution in [0.4, 0.5) is 0 Å². The van der Waals surface area contributed by atoms with Crippen molar-refractivity contribution in [3.63, 3.8) is 0 Å². The Morgan fingerprint density at radius 3 is 2.67 bits per heavy atom. The molecule has 1 heterocycles. The second-order valence-corrected chi connectivity index (χ2v) is 3.94. The van der Waals surface area contributed by atoms with Gasteiger partial charge in [-0.05, 0) is 37.1 Å². The van der Waals surface area contributed by atoms with Crippen molar-refractivity contribution < 1.29 is 14.6 Å². The number of hydrogen-bond acceptors (Lipinski definition) is 3. The Morgan fingerprint density at radius 2 is 2.20 bits per heavy atom. The molecular formula is C12H16O3. The van der Waals surface area contributed by atoms with Crippen LogP contribution < -0.4 is 4.74 Å². The first kappa shape index (κ1) is 10.5. The van der Waals surface area contributed by atoms with Gasteiger partial charge in [-0.2, -0.15) is 0 Å². The topological polar surface area (TPSA) is 38.7 Å². The fourth-order valence-electron chi connectivity index (χ4n) is 1.72. The molecule has 0 amide bonds. The summed E-state index contributed by atoms with van der Waals surface area (Å²) >= 11 is 0. The van der Waals surface area contributed by atoms with Crippen molar-refractivity contribution in [3.05, 3.63) is 29.3 Å². The number of aliphatic hydroxyl groups is 1. The molecule has 0 atom stereocenters. The molecule has 1 saturated heterocycles. The second-order valence-electron chi connectivity index (χ2n) is 3.94. The summed E-state index contributed by atoms with van der Waals surface area (Å²) in [6.07, 6.45) is 0. The van der Waals surface area contributed by atoms with Gasteiger partial charge in [0, 0.05) is 0 Å². The van der Waals surface area contributed by atoms with Crippen molar-refractivity contribution in [2.45, 2.75) is 19.4 Å². The minimum atomic E-state index is -0.782. The van der Waals surface area contributed by atoms with Crippen LogP contribution in [0, 0.1) is 6.92 Å². The lowest BCUT2D eigenvalue weighted by atomic mass is 9.91. The van der Waals surface area contributed by atoms with E-state index in [1.807, 2.05) is 32.0 Å². The first-order valence-corrected chi connectivity index (χ1v) is 5.20. The van der Waals surface area contributed by atoms with Crippen molar-refractivity contribution >= 4 is 0 Å². The maximum absolute atomic E-state index is 10.1. The molecule has 0 unspecified atom stereocenters. The molecule has 0 aromatic heterocycles. The number of hydrogen-bond donors (Lipinski definition) is 1. The zero-order chi connectivity index (χ0) is 10.9. The molecule has 15 heavy (non-hydrogen) atoms. The van der Waals surface area contributed by atoms with Crippen LogP contribution in [-0.4, -0.2) is 24.9 Å². The van der Waals surface area contributed by atoms with Gasteiger partial charge in [0.2, 0.25) is 0 Å². The van der Waals surface area contributed by atoms with Gasteiger partial charge in [0.1, 0.15) is 11.4 Å². The third-order valence-electron chi connectivity index (χ3n) is 2.69. The highest BCUT2D eigenvalue weighted by Crippen LogP contribution is 2.32. The standard InChI is InChI=1S/C12H16O3/c1-3-15-11-5-4-10(6-9(11)2)12(13)7-14-8-12/h4-6,13H,3,7-8H2,1-2H3. The summed E-state index contributed by atoms with van der Waals surface area (Å²) in [5, 5.41) is 10.1. The van der Waals surface area contributed by atoms with Crippen LogP contribution in [0.1, 0.15) is 18.1 Å². The van der Waals surface area contributed by atoms with Gasteiger partial charge in [-0.25, -0.2) is 0 Å². The molecule has 0 aliphatic carbocycles. The maximum Gasteiger partial charge on any atom is 0.136 e. The van der Waals surface area contributed by atoms with Gasteiger partial charge in [-0.3, -0.25) is 0 Å². The van der Waals surface area contributed by atoms with Crippen LogP contribution in [-0.2, 0) is 10.3 Å².